The fourth-order valence-electron chi connectivity index (χ4n) is 2.23. The number of carbonyl (C=O) groups is 1. The van der Waals surface area contributed by atoms with Gasteiger partial charge in [0.15, 0.2) is 0 Å². The molecule has 1 aliphatic carbocycles. The lowest BCUT2D eigenvalue weighted by Gasteiger charge is -2.15. The van der Waals surface area contributed by atoms with Crippen molar-refractivity contribution < 1.29 is 4.79 Å². The molecule has 1 N–H and O–H groups in total. The highest BCUT2D eigenvalue weighted by Gasteiger charge is 2.51. The van der Waals surface area contributed by atoms with Crippen LogP contribution in [0.3, 0.4) is 0 Å². The molecule has 2 aromatic rings. The van der Waals surface area contributed by atoms with Crippen molar-refractivity contribution in [2.75, 3.05) is 5.32 Å². The fourth-order valence-corrected chi connectivity index (χ4v) is 2.49. The van der Waals surface area contributed by atoms with Crippen LogP contribution in [0.25, 0.3) is 0 Å². The van der Waals surface area contributed by atoms with Crippen LogP contribution in [0.15, 0.2) is 53.3 Å². The first-order valence-electron chi connectivity index (χ1n) is 6.18. The molecule has 1 heterocycles. The Morgan fingerprint density at radius 2 is 1.74 bits per heavy atom. The molecule has 0 radical (unpaired) electrons. The maximum absolute atomic E-state index is 12.4. The summed E-state index contributed by atoms with van der Waals surface area (Å²) < 4.78 is 1.03. The van der Waals surface area contributed by atoms with Crippen molar-refractivity contribution in [2.45, 2.75) is 18.3 Å². The Bertz CT molecular complexity index is 591. The first kappa shape index (κ1) is 12.4. The lowest BCUT2D eigenvalue weighted by Crippen LogP contribution is -2.27. The summed E-state index contributed by atoms with van der Waals surface area (Å²) >= 11 is 3.42. The van der Waals surface area contributed by atoms with Gasteiger partial charge in [0.05, 0.1) is 5.41 Å². The van der Waals surface area contributed by atoms with Gasteiger partial charge in [-0.15, -0.1) is 0 Å². The maximum atomic E-state index is 12.4. The number of pyridine rings is 1. The van der Waals surface area contributed by atoms with Gasteiger partial charge in [0.1, 0.15) is 0 Å². The molecule has 3 nitrogen and oxygen atoms in total. The molecule has 1 aromatic carbocycles. The third-order valence-electron chi connectivity index (χ3n) is 3.52. The van der Waals surface area contributed by atoms with Gasteiger partial charge in [-0.2, -0.15) is 0 Å². The van der Waals surface area contributed by atoms with Gasteiger partial charge >= 0.3 is 0 Å². The van der Waals surface area contributed by atoms with E-state index in [-0.39, 0.29) is 11.3 Å². The van der Waals surface area contributed by atoms with Crippen LogP contribution in [0.2, 0.25) is 0 Å². The van der Waals surface area contributed by atoms with Crippen LogP contribution in [-0.2, 0) is 10.2 Å². The lowest BCUT2D eigenvalue weighted by molar-refractivity contribution is -0.118. The van der Waals surface area contributed by atoms with Crippen LogP contribution in [0.5, 0.6) is 0 Å². The van der Waals surface area contributed by atoms with E-state index in [4.69, 9.17) is 0 Å². The quantitative estimate of drug-likeness (QED) is 0.941. The second-order valence-electron chi connectivity index (χ2n) is 4.78. The molecule has 0 bridgehead atoms. The first-order chi connectivity index (χ1) is 9.21. The van der Waals surface area contributed by atoms with Gasteiger partial charge in [-0.05, 0) is 42.7 Å². The van der Waals surface area contributed by atoms with E-state index < -0.39 is 0 Å². The topological polar surface area (TPSA) is 42.0 Å². The maximum Gasteiger partial charge on any atom is 0.235 e. The minimum atomic E-state index is -0.343. The molecule has 4 heteroatoms. The number of nitrogens with one attached hydrogen (secondary N) is 1. The average Bonchev–Trinajstić information content (AvgIpc) is 3.22. The monoisotopic (exact) mass is 316 g/mol. The third kappa shape index (κ3) is 2.40. The van der Waals surface area contributed by atoms with Crippen LogP contribution in [-0.4, -0.2) is 10.9 Å². The largest absolute Gasteiger partial charge is 0.325 e. The van der Waals surface area contributed by atoms with Crippen molar-refractivity contribution >= 4 is 27.5 Å². The van der Waals surface area contributed by atoms with Crippen LogP contribution in [0, 0.1) is 0 Å². The van der Waals surface area contributed by atoms with E-state index in [0.29, 0.717) is 0 Å². The Kier molecular flexibility index (Phi) is 3.11. The van der Waals surface area contributed by atoms with E-state index in [1.165, 1.54) is 0 Å². The Labute approximate surface area is 120 Å². The molecule has 0 atom stereocenters. The normalized spacial score (nSPS) is 15.8. The highest BCUT2D eigenvalue weighted by atomic mass is 79.9. The number of anilines is 1. The number of hydrogen-bond donors (Lipinski definition) is 1. The Balaban J connectivity index is 1.81. The molecule has 96 valence electrons. The summed E-state index contributed by atoms with van der Waals surface area (Å²) in [4.78, 5) is 16.4. The summed E-state index contributed by atoms with van der Waals surface area (Å²) in [6, 6.07) is 11.6. The molecule has 1 aliphatic rings. The number of rotatable bonds is 3. The molecule has 1 fully saturated rings. The van der Waals surface area contributed by atoms with Crippen LogP contribution < -0.4 is 5.32 Å². The van der Waals surface area contributed by atoms with Crippen LogP contribution in [0.4, 0.5) is 5.69 Å². The zero-order valence-electron chi connectivity index (χ0n) is 10.3. The molecule has 0 saturated heterocycles. The standard InChI is InChI=1S/C15H13BrN2O/c16-12-3-1-11(2-4-12)15(7-8-15)14(19)18-13-5-9-17-10-6-13/h1-6,9-10H,7-8H2,(H,17,18,19). The number of hydrogen-bond acceptors (Lipinski definition) is 2. The Morgan fingerprint density at radius 1 is 1.11 bits per heavy atom. The molecule has 0 unspecified atom stereocenters. The number of nitrogens with zero attached hydrogens (tertiary/aromatic N) is 1. The van der Waals surface area contributed by atoms with Crippen molar-refractivity contribution in [3.05, 3.63) is 58.8 Å². The van der Waals surface area contributed by atoms with E-state index in [2.05, 4.69) is 26.2 Å². The Hall–Kier alpha value is -1.68. The zero-order valence-corrected chi connectivity index (χ0v) is 11.9. The highest BCUT2D eigenvalue weighted by molar-refractivity contribution is 9.10. The number of aromatic nitrogens is 1. The number of amides is 1. The van der Waals surface area contributed by atoms with Gasteiger partial charge in [-0.3, -0.25) is 9.78 Å². The fraction of sp³-hybridized carbons (Fsp3) is 0.200. The van der Waals surface area contributed by atoms with E-state index in [0.717, 1.165) is 28.6 Å². The van der Waals surface area contributed by atoms with Crippen LogP contribution >= 0.6 is 15.9 Å². The summed E-state index contributed by atoms with van der Waals surface area (Å²) in [5.74, 6) is 0.0704. The molecule has 1 saturated carbocycles. The second kappa shape index (κ2) is 4.78. The summed E-state index contributed by atoms with van der Waals surface area (Å²) in [5.41, 5.74) is 1.54. The van der Waals surface area contributed by atoms with Crippen LogP contribution in [0.1, 0.15) is 18.4 Å². The van der Waals surface area contributed by atoms with Crippen molar-refractivity contribution in [3.63, 3.8) is 0 Å². The zero-order chi connectivity index (χ0) is 13.3. The SMILES string of the molecule is O=C(Nc1ccncc1)C1(c2ccc(Br)cc2)CC1. The van der Waals surface area contributed by atoms with Gasteiger partial charge in [-0.1, -0.05) is 28.1 Å². The summed E-state index contributed by atoms with van der Waals surface area (Å²) in [7, 11) is 0. The number of carbonyl (C=O) groups excluding carboxylic acids is 1. The molecule has 19 heavy (non-hydrogen) atoms. The Morgan fingerprint density at radius 3 is 2.32 bits per heavy atom. The summed E-state index contributed by atoms with van der Waals surface area (Å²) in [6.45, 7) is 0. The predicted octanol–water partition coefficient (Wildman–Crippen LogP) is 3.51. The number of benzene rings is 1. The smallest absolute Gasteiger partial charge is 0.235 e. The molecular formula is C15H13BrN2O. The summed E-state index contributed by atoms with van der Waals surface area (Å²) in [6.07, 6.45) is 5.17. The third-order valence-corrected chi connectivity index (χ3v) is 4.05. The van der Waals surface area contributed by atoms with Crippen molar-refractivity contribution in [3.8, 4) is 0 Å². The minimum absolute atomic E-state index is 0.0704. The molecular weight excluding hydrogens is 304 g/mol. The van der Waals surface area contributed by atoms with Gasteiger partial charge in [0, 0.05) is 22.6 Å². The predicted molar refractivity (Wildman–Crippen MR) is 77.9 cm³/mol. The average molecular weight is 317 g/mol. The van der Waals surface area contributed by atoms with Gasteiger partial charge < -0.3 is 5.32 Å². The van der Waals surface area contributed by atoms with E-state index in [9.17, 15) is 4.79 Å². The number of halogens is 1. The summed E-state index contributed by atoms with van der Waals surface area (Å²) in [5, 5.41) is 2.97. The van der Waals surface area contributed by atoms with Gasteiger partial charge in [0.2, 0.25) is 5.91 Å². The first-order valence-corrected chi connectivity index (χ1v) is 6.97. The lowest BCUT2D eigenvalue weighted by atomic mass is 9.95. The van der Waals surface area contributed by atoms with Crippen molar-refractivity contribution in [1.29, 1.82) is 0 Å². The van der Waals surface area contributed by atoms with Gasteiger partial charge in [-0.25, -0.2) is 0 Å². The molecule has 1 aromatic heterocycles. The second-order valence-corrected chi connectivity index (χ2v) is 5.69. The van der Waals surface area contributed by atoms with Crippen molar-refractivity contribution in [1.82, 2.24) is 4.98 Å². The van der Waals surface area contributed by atoms with Crippen molar-refractivity contribution in [2.24, 2.45) is 0 Å². The molecule has 3 rings (SSSR count). The molecule has 1 amide bonds. The van der Waals surface area contributed by atoms with E-state index in [1.807, 2.05) is 24.3 Å². The molecule has 0 spiro atoms. The van der Waals surface area contributed by atoms with Gasteiger partial charge in [0.25, 0.3) is 0 Å². The highest BCUT2D eigenvalue weighted by Crippen LogP contribution is 2.49. The van der Waals surface area contributed by atoms with E-state index in [1.54, 1.807) is 24.5 Å². The van der Waals surface area contributed by atoms with E-state index >= 15 is 0 Å². The molecule has 0 aliphatic heterocycles. The minimum Gasteiger partial charge on any atom is -0.325 e.